The summed E-state index contributed by atoms with van der Waals surface area (Å²) in [5.74, 6) is 0.829. The molecular formula is C25H26N2O4. The number of para-hydroxylation sites is 2. The van der Waals surface area contributed by atoms with Crippen LogP contribution >= 0.6 is 0 Å². The first-order valence-electron chi connectivity index (χ1n) is 10.3. The molecule has 0 saturated heterocycles. The second-order valence-electron chi connectivity index (χ2n) is 6.79. The molecule has 0 spiro atoms. The fourth-order valence-electron chi connectivity index (χ4n) is 2.85. The summed E-state index contributed by atoms with van der Waals surface area (Å²) in [4.78, 5) is 24.7. The second kappa shape index (κ2) is 11.4. The van der Waals surface area contributed by atoms with Crippen LogP contribution in [0.5, 0.6) is 11.5 Å². The van der Waals surface area contributed by atoms with Gasteiger partial charge in [-0.25, -0.2) is 0 Å². The SMILES string of the molecule is CCCNC(=O)c1ccc(NC(=O)c2ccccc2OCCOc2ccccc2)cc1. The Morgan fingerprint density at radius 3 is 2.19 bits per heavy atom. The molecule has 0 aliphatic heterocycles. The number of hydrogen-bond acceptors (Lipinski definition) is 4. The van der Waals surface area contributed by atoms with Crippen molar-refractivity contribution >= 4 is 17.5 Å². The van der Waals surface area contributed by atoms with Gasteiger partial charge in [0.1, 0.15) is 24.7 Å². The van der Waals surface area contributed by atoms with Crippen molar-refractivity contribution in [1.29, 1.82) is 0 Å². The Kier molecular flexibility index (Phi) is 8.05. The van der Waals surface area contributed by atoms with Gasteiger partial charge in [0.2, 0.25) is 0 Å². The van der Waals surface area contributed by atoms with Gasteiger partial charge in [-0.05, 0) is 55.0 Å². The minimum absolute atomic E-state index is 0.129. The molecule has 6 heteroatoms. The Hall–Kier alpha value is -3.80. The third-order valence-electron chi connectivity index (χ3n) is 4.43. The normalized spacial score (nSPS) is 10.2. The maximum Gasteiger partial charge on any atom is 0.259 e. The van der Waals surface area contributed by atoms with Crippen molar-refractivity contribution in [3.8, 4) is 11.5 Å². The molecule has 0 aliphatic carbocycles. The maximum absolute atomic E-state index is 12.7. The molecule has 0 atom stereocenters. The Morgan fingerprint density at radius 2 is 1.45 bits per heavy atom. The highest BCUT2D eigenvalue weighted by molar-refractivity contribution is 6.06. The van der Waals surface area contributed by atoms with E-state index in [1.165, 1.54) is 0 Å². The van der Waals surface area contributed by atoms with Gasteiger partial charge in [0.05, 0.1) is 5.56 Å². The minimum atomic E-state index is -0.289. The van der Waals surface area contributed by atoms with Crippen LogP contribution in [-0.4, -0.2) is 31.6 Å². The van der Waals surface area contributed by atoms with E-state index in [0.717, 1.165) is 12.2 Å². The quantitative estimate of drug-likeness (QED) is 0.474. The molecule has 3 rings (SSSR count). The molecule has 0 heterocycles. The fourth-order valence-corrected chi connectivity index (χ4v) is 2.85. The lowest BCUT2D eigenvalue weighted by atomic mass is 10.1. The summed E-state index contributed by atoms with van der Waals surface area (Å²) >= 11 is 0. The van der Waals surface area contributed by atoms with Crippen molar-refractivity contribution in [3.05, 3.63) is 90.0 Å². The monoisotopic (exact) mass is 418 g/mol. The van der Waals surface area contributed by atoms with Crippen LogP contribution in [0.25, 0.3) is 0 Å². The number of ether oxygens (including phenoxy) is 2. The van der Waals surface area contributed by atoms with Crippen LogP contribution in [0, 0.1) is 0 Å². The van der Waals surface area contributed by atoms with E-state index in [2.05, 4.69) is 10.6 Å². The molecule has 0 aliphatic rings. The van der Waals surface area contributed by atoms with Gasteiger partial charge >= 0.3 is 0 Å². The summed E-state index contributed by atoms with van der Waals surface area (Å²) in [6.45, 7) is 3.30. The first kappa shape index (κ1) is 21.9. The molecule has 0 radical (unpaired) electrons. The minimum Gasteiger partial charge on any atom is -0.490 e. The zero-order valence-corrected chi connectivity index (χ0v) is 17.5. The van der Waals surface area contributed by atoms with Crippen molar-refractivity contribution in [2.45, 2.75) is 13.3 Å². The first-order valence-corrected chi connectivity index (χ1v) is 10.3. The van der Waals surface area contributed by atoms with Gasteiger partial charge in [-0.3, -0.25) is 9.59 Å². The molecule has 160 valence electrons. The smallest absolute Gasteiger partial charge is 0.259 e. The number of anilines is 1. The molecule has 3 aromatic rings. The highest BCUT2D eigenvalue weighted by atomic mass is 16.5. The third-order valence-corrected chi connectivity index (χ3v) is 4.43. The largest absolute Gasteiger partial charge is 0.490 e. The van der Waals surface area contributed by atoms with E-state index in [4.69, 9.17) is 9.47 Å². The van der Waals surface area contributed by atoms with Crippen molar-refractivity contribution in [3.63, 3.8) is 0 Å². The average molecular weight is 418 g/mol. The zero-order chi connectivity index (χ0) is 21.9. The summed E-state index contributed by atoms with van der Waals surface area (Å²) < 4.78 is 11.4. The molecule has 0 saturated carbocycles. The van der Waals surface area contributed by atoms with Gasteiger partial charge in [-0.1, -0.05) is 37.3 Å². The van der Waals surface area contributed by atoms with E-state index in [0.29, 0.717) is 42.3 Å². The number of rotatable bonds is 10. The molecule has 31 heavy (non-hydrogen) atoms. The lowest BCUT2D eigenvalue weighted by molar-refractivity contribution is 0.0953. The van der Waals surface area contributed by atoms with Gasteiger partial charge in [0.15, 0.2) is 0 Å². The highest BCUT2D eigenvalue weighted by Gasteiger charge is 2.13. The highest BCUT2D eigenvalue weighted by Crippen LogP contribution is 2.20. The lowest BCUT2D eigenvalue weighted by Gasteiger charge is -2.12. The molecule has 0 unspecified atom stereocenters. The Labute approximate surface area is 182 Å². The summed E-state index contributed by atoms with van der Waals surface area (Å²) in [6.07, 6.45) is 0.875. The predicted octanol–water partition coefficient (Wildman–Crippen LogP) is 4.54. The third kappa shape index (κ3) is 6.60. The molecule has 2 N–H and O–H groups in total. The predicted molar refractivity (Wildman–Crippen MR) is 121 cm³/mol. The molecule has 0 bridgehead atoms. The first-order chi connectivity index (χ1) is 15.2. The molecular weight excluding hydrogens is 392 g/mol. The van der Waals surface area contributed by atoms with Crippen molar-refractivity contribution in [2.75, 3.05) is 25.1 Å². The lowest BCUT2D eigenvalue weighted by Crippen LogP contribution is -2.23. The average Bonchev–Trinajstić information content (AvgIpc) is 2.81. The number of hydrogen-bond donors (Lipinski definition) is 2. The van der Waals surface area contributed by atoms with Crippen LogP contribution in [-0.2, 0) is 0 Å². The summed E-state index contributed by atoms with van der Waals surface area (Å²) in [7, 11) is 0. The van der Waals surface area contributed by atoms with Gasteiger partial charge in [-0.2, -0.15) is 0 Å². The van der Waals surface area contributed by atoms with Gasteiger partial charge in [-0.15, -0.1) is 0 Å². The van der Waals surface area contributed by atoms with E-state index in [9.17, 15) is 9.59 Å². The van der Waals surface area contributed by atoms with E-state index < -0.39 is 0 Å². The number of nitrogens with one attached hydrogen (secondary N) is 2. The van der Waals surface area contributed by atoms with Crippen LogP contribution in [0.15, 0.2) is 78.9 Å². The Balaban J connectivity index is 1.56. The van der Waals surface area contributed by atoms with Gasteiger partial charge in [0, 0.05) is 17.8 Å². The number of amides is 2. The second-order valence-corrected chi connectivity index (χ2v) is 6.79. The van der Waals surface area contributed by atoms with Crippen LogP contribution in [0.1, 0.15) is 34.1 Å². The van der Waals surface area contributed by atoms with Gasteiger partial charge < -0.3 is 20.1 Å². The summed E-state index contributed by atoms with van der Waals surface area (Å²) in [5, 5.41) is 5.67. The van der Waals surface area contributed by atoms with E-state index in [1.807, 2.05) is 43.3 Å². The van der Waals surface area contributed by atoms with Crippen LogP contribution in [0.4, 0.5) is 5.69 Å². The van der Waals surface area contributed by atoms with Gasteiger partial charge in [0.25, 0.3) is 11.8 Å². The Bertz CT molecular complexity index is 988. The topological polar surface area (TPSA) is 76.7 Å². The maximum atomic E-state index is 12.7. The van der Waals surface area contributed by atoms with Crippen molar-refractivity contribution in [1.82, 2.24) is 5.32 Å². The molecule has 0 fully saturated rings. The number of carbonyl (C=O) groups is 2. The van der Waals surface area contributed by atoms with Crippen molar-refractivity contribution < 1.29 is 19.1 Å². The molecule has 0 aromatic heterocycles. The number of carbonyl (C=O) groups excluding carboxylic acids is 2. The van der Waals surface area contributed by atoms with E-state index in [1.54, 1.807) is 42.5 Å². The van der Waals surface area contributed by atoms with Crippen LogP contribution in [0.2, 0.25) is 0 Å². The standard InChI is InChI=1S/C25H26N2O4/c1-2-16-26-24(28)19-12-14-20(15-13-19)27-25(29)22-10-6-7-11-23(22)31-18-17-30-21-8-4-3-5-9-21/h3-15H,2,16-18H2,1H3,(H,26,28)(H,27,29). The van der Waals surface area contributed by atoms with E-state index in [-0.39, 0.29) is 11.8 Å². The van der Waals surface area contributed by atoms with Crippen molar-refractivity contribution in [2.24, 2.45) is 0 Å². The van der Waals surface area contributed by atoms with Crippen LogP contribution < -0.4 is 20.1 Å². The number of benzene rings is 3. The summed E-state index contributed by atoms with van der Waals surface area (Å²) in [6, 6.07) is 23.3. The fraction of sp³-hybridized carbons (Fsp3) is 0.200. The van der Waals surface area contributed by atoms with E-state index >= 15 is 0 Å². The van der Waals surface area contributed by atoms with Crippen LogP contribution in [0.3, 0.4) is 0 Å². The molecule has 2 amide bonds. The zero-order valence-electron chi connectivity index (χ0n) is 17.5. The molecule has 6 nitrogen and oxygen atoms in total. The Morgan fingerprint density at radius 1 is 0.774 bits per heavy atom. The summed E-state index contributed by atoms with van der Waals surface area (Å²) in [5.41, 5.74) is 1.57. The molecule has 3 aromatic carbocycles.